The first-order valence-electron chi connectivity index (χ1n) is 6.91. The standard InChI is InChI=1S/C15H15FN2O2S/c1-2-13(19)18-8-4-7-17(15(18)20)12-9-21-14-10(12)5-3-6-11(14)16/h3,5-6,9H,2,4,7-8H2,1H3. The Morgan fingerprint density at radius 1 is 1.38 bits per heavy atom. The quantitative estimate of drug-likeness (QED) is 0.850. The van der Waals surface area contributed by atoms with E-state index >= 15 is 0 Å². The van der Waals surface area contributed by atoms with Crippen molar-refractivity contribution < 1.29 is 14.0 Å². The Balaban J connectivity index is 2.00. The molecule has 21 heavy (non-hydrogen) atoms. The summed E-state index contributed by atoms with van der Waals surface area (Å²) in [6.45, 7) is 2.75. The van der Waals surface area contributed by atoms with Gasteiger partial charge in [-0.3, -0.25) is 14.6 Å². The van der Waals surface area contributed by atoms with Crippen molar-refractivity contribution in [3.05, 3.63) is 29.4 Å². The lowest BCUT2D eigenvalue weighted by Crippen LogP contribution is -2.51. The zero-order chi connectivity index (χ0) is 15.0. The molecule has 3 amide bonds. The van der Waals surface area contributed by atoms with E-state index in [1.54, 1.807) is 29.3 Å². The van der Waals surface area contributed by atoms with E-state index in [4.69, 9.17) is 0 Å². The van der Waals surface area contributed by atoms with Gasteiger partial charge < -0.3 is 0 Å². The number of halogens is 1. The van der Waals surface area contributed by atoms with Gasteiger partial charge in [0.15, 0.2) is 0 Å². The number of hydrogen-bond acceptors (Lipinski definition) is 3. The summed E-state index contributed by atoms with van der Waals surface area (Å²) >= 11 is 1.28. The molecule has 6 heteroatoms. The zero-order valence-corrected chi connectivity index (χ0v) is 12.5. The summed E-state index contributed by atoms with van der Waals surface area (Å²) in [5.74, 6) is -0.454. The summed E-state index contributed by atoms with van der Waals surface area (Å²) in [5, 5.41) is 2.50. The number of hydrogen-bond donors (Lipinski definition) is 0. The molecule has 4 nitrogen and oxygen atoms in total. The van der Waals surface area contributed by atoms with Crippen molar-refractivity contribution in [2.75, 3.05) is 18.0 Å². The number of rotatable bonds is 2. The van der Waals surface area contributed by atoms with Crippen molar-refractivity contribution in [1.82, 2.24) is 4.90 Å². The van der Waals surface area contributed by atoms with Crippen LogP contribution in [-0.4, -0.2) is 29.9 Å². The maximum Gasteiger partial charge on any atom is 0.331 e. The van der Waals surface area contributed by atoms with Gasteiger partial charge in [-0.2, -0.15) is 0 Å². The molecule has 0 N–H and O–H groups in total. The van der Waals surface area contributed by atoms with Gasteiger partial charge in [-0.1, -0.05) is 19.1 Å². The van der Waals surface area contributed by atoms with Crippen LogP contribution in [0, 0.1) is 5.82 Å². The number of urea groups is 1. The van der Waals surface area contributed by atoms with Gasteiger partial charge in [0.2, 0.25) is 5.91 Å². The number of imide groups is 1. The van der Waals surface area contributed by atoms with E-state index < -0.39 is 0 Å². The van der Waals surface area contributed by atoms with Crippen molar-refractivity contribution in [3.8, 4) is 0 Å². The third-order valence-electron chi connectivity index (χ3n) is 3.65. The maximum atomic E-state index is 13.8. The van der Waals surface area contributed by atoms with Crippen LogP contribution >= 0.6 is 11.3 Å². The summed E-state index contributed by atoms with van der Waals surface area (Å²) in [6.07, 6.45) is 1.03. The molecule has 110 valence electrons. The van der Waals surface area contributed by atoms with Crippen LogP contribution in [0.3, 0.4) is 0 Å². The number of anilines is 1. The summed E-state index contributed by atoms with van der Waals surface area (Å²) in [7, 11) is 0. The number of carbonyl (C=O) groups excluding carboxylic acids is 2. The smallest absolute Gasteiger partial charge is 0.292 e. The number of carbonyl (C=O) groups is 2. The zero-order valence-electron chi connectivity index (χ0n) is 11.6. The molecule has 0 unspecified atom stereocenters. The molecule has 1 fully saturated rings. The minimum absolute atomic E-state index is 0.171. The van der Waals surface area contributed by atoms with Crippen LogP contribution in [0.25, 0.3) is 10.1 Å². The molecule has 1 aliphatic rings. The van der Waals surface area contributed by atoms with Gasteiger partial charge in [0.05, 0.1) is 10.4 Å². The van der Waals surface area contributed by atoms with E-state index in [-0.39, 0.29) is 17.8 Å². The first kappa shape index (κ1) is 14.0. The third kappa shape index (κ3) is 2.29. The van der Waals surface area contributed by atoms with Crippen LogP contribution in [-0.2, 0) is 4.79 Å². The fraction of sp³-hybridized carbons (Fsp3) is 0.333. The first-order chi connectivity index (χ1) is 10.1. The molecule has 3 rings (SSSR count). The van der Waals surface area contributed by atoms with E-state index in [2.05, 4.69) is 0 Å². The highest BCUT2D eigenvalue weighted by atomic mass is 32.1. The van der Waals surface area contributed by atoms with E-state index in [0.29, 0.717) is 29.9 Å². The number of fused-ring (bicyclic) bond motifs is 1. The Hall–Kier alpha value is -1.95. The van der Waals surface area contributed by atoms with Gasteiger partial charge in [0.25, 0.3) is 0 Å². The van der Waals surface area contributed by atoms with Crippen molar-refractivity contribution in [3.63, 3.8) is 0 Å². The minimum Gasteiger partial charge on any atom is -0.292 e. The van der Waals surface area contributed by atoms with Crippen molar-refractivity contribution in [2.45, 2.75) is 19.8 Å². The van der Waals surface area contributed by atoms with Gasteiger partial charge in [0, 0.05) is 30.3 Å². The molecular formula is C15H15FN2O2S. The Kier molecular flexibility index (Phi) is 3.63. The normalized spacial score (nSPS) is 15.8. The van der Waals surface area contributed by atoms with Crippen molar-refractivity contribution in [1.29, 1.82) is 0 Å². The van der Waals surface area contributed by atoms with E-state index in [9.17, 15) is 14.0 Å². The molecule has 1 aromatic carbocycles. The summed E-state index contributed by atoms with van der Waals surface area (Å²) in [6, 6.07) is 4.54. The highest BCUT2D eigenvalue weighted by Crippen LogP contribution is 2.35. The molecule has 0 radical (unpaired) electrons. The monoisotopic (exact) mass is 306 g/mol. The molecule has 1 saturated heterocycles. The molecule has 0 aliphatic carbocycles. The second-order valence-corrected chi connectivity index (χ2v) is 5.80. The second kappa shape index (κ2) is 5.44. The Morgan fingerprint density at radius 2 is 2.19 bits per heavy atom. The van der Waals surface area contributed by atoms with Gasteiger partial charge in [-0.05, 0) is 12.5 Å². The minimum atomic E-state index is -0.308. The molecule has 2 heterocycles. The summed E-state index contributed by atoms with van der Waals surface area (Å²) in [5.41, 5.74) is 0.688. The number of thiophene rings is 1. The van der Waals surface area contributed by atoms with Gasteiger partial charge in [-0.25, -0.2) is 9.18 Å². The fourth-order valence-electron chi connectivity index (χ4n) is 2.59. The molecule has 1 aliphatic heterocycles. The van der Waals surface area contributed by atoms with Crippen molar-refractivity contribution in [2.24, 2.45) is 0 Å². The third-order valence-corrected chi connectivity index (χ3v) is 4.64. The van der Waals surface area contributed by atoms with Crippen LogP contribution in [0.1, 0.15) is 19.8 Å². The molecule has 0 bridgehead atoms. The average Bonchev–Trinajstić information content (AvgIpc) is 2.92. The molecule has 1 aromatic heterocycles. The lowest BCUT2D eigenvalue weighted by molar-refractivity contribution is -0.128. The van der Waals surface area contributed by atoms with E-state index in [0.717, 1.165) is 11.8 Å². The number of amides is 3. The van der Waals surface area contributed by atoms with E-state index in [1.807, 2.05) is 0 Å². The SMILES string of the molecule is CCC(=O)N1CCCN(c2csc3c(F)cccc23)C1=O. The van der Waals surface area contributed by atoms with Crippen LogP contribution in [0.15, 0.2) is 23.6 Å². The average molecular weight is 306 g/mol. The van der Waals surface area contributed by atoms with Crippen LogP contribution < -0.4 is 4.90 Å². The molecule has 0 saturated carbocycles. The highest BCUT2D eigenvalue weighted by Gasteiger charge is 2.31. The van der Waals surface area contributed by atoms with Crippen LogP contribution in [0.2, 0.25) is 0 Å². The molecule has 0 atom stereocenters. The van der Waals surface area contributed by atoms with Gasteiger partial charge >= 0.3 is 6.03 Å². The number of benzene rings is 1. The topological polar surface area (TPSA) is 40.6 Å². The largest absolute Gasteiger partial charge is 0.331 e. The predicted octanol–water partition coefficient (Wildman–Crippen LogP) is 3.61. The van der Waals surface area contributed by atoms with Crippen LogP contribution in [0.4, 0.5) is 14.9 Å². The summed E-state index contributed by atoms with van der Waals surface area (Å²) in [4.78, 5) is 27.2. The molecule has 2 aromatic rings. The second-order valence-electron chi connectivity index (χ2n) is 4.92. The fourth-order valence-corrected chi connectivity index (χ4v) is 3.55. The Bertz CT molecular complexity index is 713. The van der Waals surface area contributed by atoms with Gasteiger partial charge in [0.1, 0.15) is 5.82 Å². The highest BCUT2D eigenvalue weighted by molar-refractivity contribution is 7.17. The predicted molar refractivity (Wildman–Crippen MR) is 81.1 cm³/mol. The lowest BCUT2D eigenvalue weighted by Gasteiger charge is -2.34. The van der Waals surface area contributed by atoms with Crippen molar-refractivity contribution >= 4 is 39.0 Å². The summed E-state index contributed by atoms with van der Waals surface area (Å²) < 4.78 is 14.3. The Labute approximate surface area is 125 Å². The van der Waals surface area contributed by atoms with Gasteiger partial charge in [-0.15, -0.1) is 11.3 Å². The first-order valence-corrected chi connectivity index (χ1v) is 7.79. The maximum absolute atomic E-state index is 13.8. The number of nitrogens with zero attached hydrogens (tertiary/aromatic N) is 2. The lowest BCUT2D eigenvalue weighted by atomic mass is 10.2. The molecular weight excluding hydrogens is 291 g/mol. The molecule has 0 spiro atoms. The van der Waals surface area contributed by atoms with Crippen LogP contribution in [0.5, 0.6) is 0 Å². The van der Waals surface area contributed by atoms with E-state index in [1.165, 1.54) is 22.3 Å². The Morgan fingerprint density at radius 3 is 2.95 bits per heavy atom.